The average Bonchev–Trinajstić information content (AvgIpc) is 2.82. The molecular weight excluding hydrogens is 432 g/mol. The summed E-state index contributed by atoms with van der Waals surface area (Å²) in [5.74, 6) is 1.21. The number of amides is 2. The number of Topliss-reactive ketones (excluding diaryl/α,β-unsaturated/α-hetero) is 1. The fraction of sp³-hybridized carbons (Fsp3) is 0.444. The monoisotopic (exact) mass is 466 g/mol. The number of carbonyl (C=O) groups is 3. The molecule has 182 valence electrons. The van der Waals surface area contributed by atoms with Crippen LogP contribution < -0.4 is 19.7 Å². The smallest absolute Gasteiger partial charge is 0.265 e. The molecule has 0 fully saturated rings. The van der Waals surface area contributed by atoms with Crippen LogP contribution in [0.25, 0.3) is 0 Å². The van der Waals surface area contributed by atoms with Crippen LogP contribution in [0.2, 0.25) is 0 Å². The normalized spacial score (nSPS) is 12.9. The summed E-state index contributed by atoms with van der Waals surface area (Å²) in [7, 11) is 0. The molecule has 0 saturated carbocycles. The number of fused-ring (bicyclic) bond motifs is 1. The Balaban J connectivity index is 1.65. The molecule has 34 heavy (non-hydrogen) atoms. The molecular formula is C27H34N2O5. The van der Waals surface area contributed by atoms with Gasteiger partial charge in [-0.25, -0.2) is 0 Å². The topological polar surface area (TPSA) is 84.9 Å². The van der Waals surface area contributed by atoms with Crippen LogP contribution >= 0.6 is 0 Å². The third-order valence-electron chi connectivity index (χ3n) is 5.81. The van der Waals surface area contributed by atoms with E-state index < -0.39 is 0 Å². The highest BCUT2D eigenvalue weighted by Crippen LogP contribution is 2.33. The van der Waals surface area contributed by atoms with Gasteiger partial charge in [0.2, 0.25) is 5.91 Å². The van der Waals surface area contributed by atoms with Crippen LogP contribution in [0.1, 0.15) is 67.4 Å². The van der Waals surface area contributed by atoms with E-state index in [1.807, 2.05) is 32.0 Å². The SMILES string of the molecule is CCCNC(=O)CCCN1C(=O)COc2ccc(C(=O)COc3ccc(C(C)C)c(C)c3)cc21. The Hall–Kier alpha value is -3.35. The zero-order valence-corrected chi connectivity index (χ0v) is 20.5. The Labute approximate surface area is 201 Å². The van der Waals surface area contributed by atoms with Crippen molar-refractivity contribution in [1.29, 1.82) is 0 Å². The first-order valence-electron chi connectivity index (χ1n) is 11.9. The lowest BCUT2D eigenvalue weighted by atomic mass is 9.98. The predicted octanol–water partition coefficient (Wildman–Crippen LogP) is 4.41. The lowest BCUT2D eigenvalue weighted by Crippen LogP contribution is -2.40. The van der Waals surface area contributed by atoms with Crippen LogP contribution in [0.5, 0.6) is 11.5 Å². The fourth-order valence-electron chi connectivity index (χ4n) is 3.99. The molecule has 0 saturated heterocycles. The third-order valence-corrected chi connectivity index (χ3v) is 5.81. The summed E-state index contributed by atoms with van der Waals surface area (Å²) >= 11 is 0. The van der Waals surface area contributed by atoms with Crippen molar-refractivity contribution in [2.24, 2.45) is 0 Å². The van der Waals surface area contributed by atoms with Crippen molar-refractivity contribution in [3.05, 3.63) is 53.1 Å². The molecule has 1 N–H and O–H groups in total. The molecule has 1 heterocycles. The molecule has 3 rings (SSSR count). The van der Waals surface area contributed by atoms with Gasteiger partial charge < -0.3 is 19.7 Å². The van der Waals surface area contributed by atoms with Gasteiger partial charge in [0.05, 0.1) is 5.69 Å². The third kappa shape index (κ3) is 6.37. The molecule has 2 aromatic rings. The van der Waals surface area contributed by atoms with E-state index in [1.54, 1.807) is 23.1 Å². The fourth-order valence-corrected chi connectivity index (χ4v) is 3.99. The number of nitrogens with one attached hydrogen (secondary N) is 1. The van der Waals surface area contributed by atoms with Crippen molar-refractivity contribution in [2.75, 3.05) is 31.2 Å². The predicted molar refractivity (Wildman–Crippen MR) is 132 cm³/mol. The summed E-state index contributed by atoms with van der Waals surface area (Å²) in [6, 6.07) is 10.9. The zero-order valence-electron chi connectivity index (χ0n) is 20.5. The highest BCUT2D eigenvalue weighted by Gasteiger charge is 2.26. The first kappa shape index (κ1) is 25.3. The van der Waals surface area contributed by atoms with Gasteiger partial charge in [0.25, 0.3) is 5.91 Å². The minimum Gasteiger partial charge on any atom is -0.485 e. The summed E-state index contributed by atoms with van der Waals surface area (Å²) in [4.78, 5) is 38.8. The first-order chi connectivity index (χ1) is 16.3. The quantitative estimate of drug-likeness (QED) is 0.496. The van der Waals surface area contributed by atoms with Crippen LogP contribution in [-0.2, 0) is 9.59 Å². The van der Waals surface area contributed by atoms with Crippen LogP contribution in [0, 0.1) is 6.92 Å². The van der Waals surface area contributed by atoms with Crippen molar-refractivity contribution >= 4 is 23.3 Å². The van der Waals surface area contributed by atoms with Gasteiger partial charge >= 0.3 is 0 Å². The number of ether oxygens (including phenoxy) is 2. The molecule has 2 aromatic carbocycles. The summed E-state index contributed by atoms with van der Waals surface area (Å²) < 4.78 is 11.3. The number of anilines is 1. The number of hydrogen-bond donors (Lipinski definition) is 1. The van der Waals surface area contributed by atoms with Gasteiger partial charge in [-0.15, -0.1) is 0 Å². The van der Waals surface area contributed by atoms with Gasteiger partial charge in [-0.2, -0.15) is 0 Å². The van der Waals surface area contributed by atoms with Crippen LogP contribution in [-0.4, -0.2) is 43.9 Å². The van der Waals surface area contributed by atoms with Crippen LogP contribution in [0.3, 0.4) is 0 Å². The summed E-state index contributed by atoms with van der Waals surface area (Å²) in [5, 5.41) is 2.84. The Morgan fingerprint density at radius 2 is 1.97 bits per heavy atom. The lowest BCUT2D eigenvalue weighted by Gasteiger charge is -2.29. The number of aryl methyl sites for hydroxylation is 1. The number of hydrogen-bond acceptors (Lipinski definition) is 5. The molecule has 0 aliphatic carbocycles. The minimum atomic E-state index is -0.192. The maximum Gasteiger partial charge on any atom is 0.265 e. The van der Waals surface area contributed by atoms with Gasteiger partial charge in [-0.1, -0.05) is 26.8 Å². The van der Waals surface area contributed by atoms with Crippen molar-refractivity contribution in [3.8, 4) is 11.5 Å². The number of rotatable bonds is 11. The van der Waals surface area contributed by atoms with E-state index in [2.05, 4.69) is 19.2 Å². The van der Waals surface area contributed by atoms with E-state index in [0.717, 1.165) is 12.0 Å². The summed E-state index contributed by atoms with van der Waals surface area (Å²) in [6.45, 7) is 9.17. The minimum absolute atomic E-state index is 0.0273. The Kier molecular flexibility index (Phi) is 8.68. The largest absolute Gasteiger partial charge is 0.485 e. The van der Waals surface area contributed by atoms with Gasteiger partial charge in [0.1, 0.15) is 11.5 Å². The molecule has 2 amide bonds. The molecule has 7 heteroatoms. The number of benzene rings is 2. The second kappa shape index (κ2) is 11.7. The summed E-state index contributed by atoms with van der Waals surface area (Å²) in [5.41, 5.74) is 3.37. The lowest BCUT2D eigenvalue weighted by molar-refractivity contribution is -0.122. The zero-order chi connectivity index (χ0) is 24.7. The number of nitrogens with zero attached hydrogens (tertiary/aromatic N) is 1. The molecule has 7 nitrogen and oxygen atoms in total. The van der Waals surface area contributed by atoms with Crippen LogP contribution in [0.4, 0.5) is 5.69 Å². The molecule has 0 radical (unpaired) electrons. The van der Waals surface area contributed by atoms with E-state index in [-0.39, 0.29) is 30.8 Å². The van der Waals surface area contributed by atoms with Crippen molar-refractivity contribution in [3.63, 3.8) is 0 Å². The van der Waals surface area contributed by atoms with Gasteiger partial charge in [-0.3, -0.25) is 14.4 Å². The maximum atomic E-state index is 12.8. The van der Waals surface area contributed by atoms with E-state index in [4.69, 9.17) is 9.47 Å². The van der Waals surface area contributed by atoms with Crippen LogP contribution in [0.15, 0.2) is 36.4 Å². The van der Waals surface area contributed by atoms with E-state index in [1.165, 1.54) is 5.56 Å². The molecule has 0 atom stereocenters. The molecule has 0 bridgehead atoms. The maximum absolute atomic E-state index is 12.8. The molecule has 1 aliphatic heterocycles. The van der Waals surface area contributed by atoms with E-state index >= 15 is 0 Å². The molecule has 1 aliphatic rings. The number of ketones is 1. The summed E-state index contributed by atoms with van der Waals surface area (Å²) in [6.07, 6.45) is 1.74. The second-order valence-corrected chi connectivity index (χ2v) is 8.86. The second-order valence-electron chi connectivity index (χ2n) is 8.86. The van der Waals surface area contributed by atoms with Gasteiger partial charge in [0.15, 0.2) is 19.0 Å². The Morgan fingerprint density at radius 1 is 1.18 bits per heavy atom. The first-order valence-corrected chi connectivity index (χ1v) is 11.9. The average molecular weight is 467 g/mol. The number of carbonyl (C=O) groups excluding carboxylic acids is 3. The highest BCUT2D eigenvalue weighted by atomic mass is 16.5. The van der Waals surface area contributed by atoms with Crippen molar-refractivity contribution in [1.82, 2.24) is 5.32 Å². The van der Waals surface area contributed by atoms with Crippen molar-refractivity contribution in [2.45, 2.75) is 52.9 Å². The molecule has 0 spiro atoms. The van der Waals surface area contributed by atoms with Crippen molar-refractivity contribution < 1.29 is 23.9 Å². The highest BCUT2D eigenvalue weighted by molar-refractivity contribution is 6.02. The van der Waals surface area contributed by atoms with E-state index in [9.17, 15) is 14.4 Å². The standard InChI is InChI=1S/C27H34N2O5/c1-5-12-28-26(31)7-6-13-29-23-15-20(8-11-25(23)34-17-27(29)32)24(30)16-33-21-9-10-22(18(2)3)19(4)14-21/h8-11,14-15,18H,5-7,12-13,16-17H2,1-4H3,(H,28,31). The Morgan fingerprint density at radius 3 is 2.68 bits per heavy atom. The van der Waals surface area contributed by atoms with Gasteiger partial charge in [-0.05, 0) is 67.1 Å². The van der Waals surface area contributed by atoms with Gasteiger partial charge in [0, 0.05) is 25.1 Å². The van der Waals surface area contributed by atoms with E-state index in [0.29, 0.717) is 54.6 Å². The molecule has 0 aromatic heterocycles. The molecule has 0 unspecified atom stereocenters. The Bertz CT molecular complexity index is 1050.